The summed E-state index contributed by atoms with van der Waals surface area (Å²) in [5.74, 6) is 0. The predicted octanol–water partition coefficient (Wildman–Crippen LogP) is 5.37. The minimum Gasteiger partial charge on any atom is -0.310 e. The summed E-state index contributed by atoms with van der Waals surface area (Å²) in [5, 5.41) is 3.55. The fourth-order valence-corrected chi connectivity index (χ4v) is 4.02. The van der Waals surface area contributed by atoms with E-state index in [0.717, 1.165) is 17.3 Å². The van der Waals surface area contributed by atoms with Gasteiger partial charge in [-0.05, 0) is 42.8 Å². The fourth-order valence-electron chi connectivity index (χ4n) is 2.12. The van der Waals surface area contributed by atoms with Crippen LogP contribution in [0.2, 0.25) is 4.34 Å². The van der Waals surface area contributed by atoms with E-state index in [1.807, 2.05) is 6.07 Å². The van der Waals surface area contributed by atoms with E-state index in [0.29, 0.717) is 6.04 Å². The Labute approximate surface area is 132 Å². The van der Waals surface area contributed by atoms with Crippen LogP contribution in [0, 0.1) is 6.92 Å². The molecule has 0 fully saturated rings. The molecule has 0 bridgehead atoms. The smallest absolute Gasteiger partial charge is 0.0931 e. The molecule has 0 spiro atoms. The average Bonchev–Trinajstić information content (AvgIpc) is 2.74. The first-order chi connectivity index (χ1) is 9.10. The number of likely N-dealkylation sites (N-methyl/N-ethyl adjacent to an activating group) is 1. The van der Waals surface area contributed by atoms with Gasteiger partial charge in [-0.2, -0.15) is 0 Å². The van der Waals surface area contributed by atoms with Gasteiger partial charge in [0.15, 0.2) is 0 Å². The number of hydrogen-bond donors (Lipinski definition) is 1. The van der Waals surface area contributed by atoms with Crippen LogP contribution in [-0.2, 0) is 6.42 Å². The highest BCUT2D eigenvalue weighted by Crippen LogP contribution is 2.30. The van der Waals surface area contributed by atoms with Crippen molar-refractivity contribution in [2.45, 2.75) is 26.3 Å². The lowest BCUT2D eigenvalue weighted by Crippen LogP contribution is -2.23. The molecule has 0 radical (unpaired) electrons. The molecular formula is C15H17BrClNS. The normalized spacial score (nSPS) is 12.6. The van der Waals surface area contributed by atoms with Crippen LogP contribution in [0.5, 0.6) is 0 Å². The summed E-state index contributed by atoms with van der Waals surface area (Å²) in [4.78, 5) is 1.31. The molecule has 0 aliphatic carbocycles. The van der Waals surface area contributed by atoms with Crippen LogP contribution in [0.1, 0.15) is 29.0 Å². The molecule has 0 aliphatic rings. The number of benzene rings is 1. The van der Waals surface area contributed by atoms with Crippen molar-refractivity contribution in [3.63, 3.8) is 0 Å². The molecule has 0 aliphatic heterocycles. The molecule has 0 amide bonds. The maximum absolute atomic E-state index is 6.01. The van der Waals surface area contributed by atoms with Crippen LogP contribution in [-0.4, -0.2) is 6.54 Å². The largest absolute Gasteiger partial charge is 0.310 e. The summed E-state index contributed by atoms with van der Waals surface area (Å²) in [6.45, 7) is 5.19. The summed E-state index contributed by atoms with van der Waals surface area (Å²) in [6.07, 6.45) is 0.965. The molecule has 1 atom stereocenters. The highest BCUT2D eigenvalue weighted by molar-refractivity contribution is 9.10. The van der Waals surface area contributed by atoms with Crippen LogP contribution >= 0.6 is 38.9 Å². The van der Waals surface area contributed by atoms with Gasteiger partial charge in [-0.3, -0.25) is 0 Å². The molecule has 0 saturated carbocycles. The fraction of sp³-hybridized carbons (Fsp3) is 0.333. The van der Waals surface area contributed by atoms with Gasteiger partial charge < -0.3 is 5.32 Å². The van der Waals surface area contributed by atoms with Crippen LogP contribution in [0.15, 0.2) is 34.8 Å². The van der Waals surface area contributed by atoms with Crippen LogP contribution in [0.3, 0.4) is 0 Å². The van der Waals surface area contributed by atoms with Crippen molar-refractivity contribution in [3.05, 3.63) is 55.1 Å². The summed E-state index contributed by atoms with van der Waals surface area (Å²) < 4.78 is 2.02. The molecule has 1 unspecified atom stereocenters. The van der Waals surface area contributed by atoms with Gasteiger partial charge >= 0.3 is 0 Å². The zero-order valence-corrected chi connectivity index (χ0v) is 14.2. The Morgan fingerprint density at radius 1 is 1.32 bits per heavy atom. The second kappa shape index (κ2) is 6.89. The van der Waals surface area contributed by atoms with Crippen LogP contribution in [0.25, 0.3) is 0 Å². The highest BCUT2D eigenvalue weighted by Gasteiger charge is 2.15. The zero-order valence-electron chi connectivity index (χ0n) is 11.0. The minimum absolute atomic E-state index is 0.315. The summed E-state index contributed by atoms with van der Waals surface area (Å²) in [7, 11) is 0. The number of rotatable bonds is 5. The van der Waals surface area contributed by atoms with E-state index < -0.39 is 0 Å². The van der Waals surface area contributed by atoms with Gasteiger partial charge in [0.1, 0.15) is 0 Å². The number of hydrogen-bond acceptors (Lipinski definition) is 2. The topological polar surface area (TPSA) is 12.0 Å². The van der Waals surface area contributed by atoms with E-state index in [4.69, 9.17) is 11.6 Å². The van der Waals surface area contributed by atoms with Crippen molar-refractivity contribution in [2.24, 2.45) is 0 Å². The van der Waals surface area contributed by atoms with E-state index in [2.05, 4.69) is 59.4 Å². The van der Waals surface area contributed by atoms with Crippen LogP contribution in [0.4, 0.5) is 0 Å². The second-order valence-electron chi connectivity index (χ2n) is 4.55. The SMILES string of the molecule is CCNC(Cc1ccc(Cl)s1)c1ccc(C)cc1Br. The van der Waals surface area contributed by atoms with Crippen molar-refractivity contribution in [2.75, 3.05) is 6.54 Å². The third-order valence-electron chi connectivity index (χ3n) is 3.02. The van der Waals surface area contributed by atoms with Gasteiger partial charge in [0.2, 0.25) is 0 Å². The Bertz CT molecular complexity index is 553. The van der Waals surface area contributed by atoms with Gasteiger partial charge in [0.25, 0.3) is 0 Å². The number of thiophene rings is 1. The number of aryl methyl sites for hydroxylation is 1. The van der Waals surface area contributed by atoms with Crippen molar-refractivity contribution < 1.29 is 0 Å². The first-order valence-electron chi connectivity index (χ1n) is 6.33. The Hall–Kier alpha value is -0.350. The van der Waals surface area contributed by atoms with Gasteiger partial charge in [0, 0.05) is 21.8 Å². The van der Waals surface area contributed by atoms with Gasteiger partial charge in [0.05, 0.1) is 4.34 Å². The second-order valence-corrected chi connectivity index (χ2v) is 7.20. The van der Waals surface area contributed by atoms with Gasteiger partial charge in [-0.15, -0.1) is 11.3 Å². The van der Waals surface area contributed by atoms with E-state index >= 15 is 0 Å². The van der Waals surface area contributed by atoms with E-state index in [1.165, 1.54) is 20.5 Å². The van der Waals surface area contributed by atoms with E-state index in [-0.39, 0.29) is 0 Å². The van der Waals surface area contributed by atoms with Gasteiger partial charge in [-0.25, -0.2) is 0 Å². The van der Waals surface area contributed by atoms with Crippen molar-refractivity contribution >= 4 is 38.9 Å². The molecule has 1 heterocycles. The Balaban J connectivity index is 2.23. The predicted molar refractivity (Wildman–Crippen MR) is 88.3 cm³/mol. The summed E-state index contributed by atoms with van der Waals surface area (Å²) in [6, 6.07) is 10.9. The first-order valence-corrected chi connectivity index (χ1v) is 8.32. The zero-order chi connectivity index (χ0) is 13.8. The number of nitrogens with one attached hydrogen (secondary N) is 1. The quantitative estimate of drug-likeness (QED) is 0.758. The molecule has 2 rings (SSSR count). The maximum atomic E-state index is 6.01. The first kappa shape index (κ1) is 15.0. The monoisotopic (exact) mass is 357 g/mol. The van der Waals surface area contributed by atoms with Crippen molar-refractivity contribution in [1.82, 2.24) is 5.32 Å². The highest BCUT2D eigenvalue weighted by atomic mass is 79.9. The van der Waals surface area contributed by atoms with Gasteiger partial charge in [-0.1, -0.05) is 46.6 Å². The van der Waals surface area contributed by atoms with E-state index in [1.54, 1.807) is 11.3 Å². The third kappa shape index (κ3) is 4.06. The van der Waals surface area contributed by atoms with Crippen molar-refractivity contribution in [1.29, 1.82) is 0 Å². The molecular weight excluding hydrogens is 342 g/mol. The molecule has 1 aromatic heterocycles. The summed E-state index contributed by atoms with van der Waals surface area (Å²) >= 11 is 11.3. The molecule has 1 aromatic carbocycles. The molecule has 1 N–H and O–H groups in total. The Kier molecular flexibility index (Phi) is 5.46. The minimum atomic E-state index is 0.315. The lowest BCUT2D eigenvalue weighted by molar-refractivity contribution is 0.551. The molecule has 2 aromatic rings. The van der Waals surface area contributed by atoms with Crippen LogP contribution < -0.4 is 5.32 Å². The Morgan fingerprint density at radius 3 is 2.68 bits per heavy atom. The standard InChI is InChI=1S/C15H17BrClNS/c1-3-18-14(9-11-5-7-15(17)19-11)12-6-4-10(2)8-13(12)16/h4-8,14,18H,3,9H2,1-2H3. The van der Waals surface area contributed by atoms with E-state index in [9.17, 15) is 0 Å². The molecule has 4 heteroatoms. The maximum Gasteiger partial charge on any atom is 0.0931 e. The van der Waals surface area contributed by atoms with Crippen molar-refractivity contribution in [3.8, 4) is 0 Å². The summed E-state index contributed by atoms with van der Waals surface area (Å²) in [5.41, 5.74) is 2.57. The average molecular weight is 359 g/mol. The number of halogens is 2. The lowest BCUT2D eigenvalue weighted by atomic mass is 10.0. The molecule has 102 valence electrons. The lowest BCUT2D eigenvalue weighted by Gasteiger charge is -2.19. The molecule has 0 saturated heterocycles. The Morgan fingerprint density at radius 2 is 2.11 bits per heavy atom. The molecule has 19 heavy (non-hydrogen) atoms. The molecule has 1 nitrogen and oxygen atoms in total. The third-order valence-corrected chi connectivity index (χ3v) is 4.96.